The van der Waals surface area contributed by atoms with Crippen LogP contribution in [0.2, 0.25) is 0 Å². The molecular weight excluding hydrogens is 234 g/mol. The van der Waals surface area contributed by atoms with Crippen LogP contribution in [0.3, 0.4) is 0 Å². The van der Waals surface area contributed by atoms with Crippen molar-refractivity contribution < 1.29 is 0 Å². The van der Waals surface area contributed by atoms with E-state index in [1.165, 1.54) is 17.8 Å². The Morgan fingerprint density at radius 2 is 1.95 bits per heavy atom. The first-order valence-electron chi connectivity index (χ1n) is 7.77. The Morgan fingerprint density at radius 3 is 2.42 bits per heavy atom. The molecule has 3 nitrogen and oxygen atoms in total. The third-order valence-electron chi connectivity index (χ3n) is 4.29. The molecule has 0 saturated carbocycles. The second kappa shape index (κ2) is 7.09. The van der Waals surface area contributed by atoms with E-state index < -0.39 is 0 Å². The predicted octanol–water partition coefficient (Wildman–Crippen LogP) is 3.42. The summed E-state index contributed by atoms with van der Waals surface area (Å²) in [7, 11) is 0. The summed E-state index contributed by atoms with van der Waals surface area (Å²) in [5.74, 6) is 0. The van der Waals surface area contributed by atoms with E-state index in [9.17, 15) is 0 Å². The van der Waals surface area contributed by atoms with Crippen LogP contribution < -0.4 is 5.32 Å². The van der Waals surface area contributed by atoms with Gasteiger partial charge in [-0.05, 0) is 37.8 Å². The van der Waals surface area contributed by atoms with Crippen LogP contribution in [0.15, 0.2) is 6.07 Å². The van der Waals surface area contributed by atoms with Crippen molar-refractivity contribution in [2.24, 2.45) is 5.41 Å². The molecule has 19 heavy (non-hydrogen) atoms. The minimum Gasteiger partial charge on any atom is -0.313 e. The highest BCUT2D eigenvalue weighted by Gasteiger charge is 2.28. The second-order valence-corrected chi connectivity index (χ2v) is 5.95. The summed E-state index contributed by atoms with van der Waals surface area (Å²) in [6.07, 6.45) is 3.27. The van der Waals surface area contributed by atoms with Crippen molar-refractivity contribution in [1.29, 1.82) is 0 Å². The maximum absolute atomic E-state index is 4.66. The Balaban J connectivity index is 2.92. The van der Waals surface area contributed by atoms with Gasteiger partial charge in [0.15, 0.2) is 0 Å². The molecule has 0 aromatic carbocycles. The summed E-state index contributed by atoms with van der Waals surface area (Å²) in [6.45, 7) is 15.5. The zero-order valence-corrected chi connectivity index (χ0v) is 13.6. The molecule has 1 aromatic heterocycles. The van der Waals surface area contributed by atoms with Crippen LogP contribution in [0, 0.1) is 5.41 Å². The first kappa shape index (κ1) is 16.2. The van der Waals surface area contributed by atoms with E-state index in [4.69, 9.17) is 0 Å². The van der Waals surface area contributed by atoms with Crippen molar-refractivity contribution >= 4 is 0 Å². The lowest BCUT2D eigenvalue weighted by atomic mass is 9.79. The van der Waals surface area contributed by atoms with Crippen LogP contribution in [0.4, 0.5) is 0 Å². The van der Waals surface area contributed by atoms with Crippen molar-refractivity contribution in [2.75, 3.05) is 6.54 Å². The fourth-order valence-corrected chi connectivity index (χ4v) is 2.45. The zero-order chi connectivity index (χ0) is 14.5. The molecule has 1 aromatic rings. The molecule has 1 N–H and O–H groups in total. The van der Waals surface area contributed by atoms with E-state index in [2.05, 4.69) is 62.7 Å². The molecule has 0 amide bonds. The van der Waals surface area contributed by atoms with E-state index in [1.807, 2.05) is 0 Å². The highest BCUT2D eigenvalue weighted by Crippen LogP contribution is 2.27. The average Bonchev–Trinajstić information content (AvgIpc) is 2.80. The van der Waals surface area contributed by atoms with Crippen LogP contribution in [0.5, 0.6) is 0 Å². The summed E-state index contributed by atoms with van der Waals surface area (Å²) in [5.41, 5.74) is 2.89. The largest absolute Gasteiger partial charge is 0.313 e. The highest BCUT2D eigenvalue weighted by molar-refractivity contribution is 5.13. The van der Waals surface area contributed by atoms with Gasteiger partial charge in [0.05, 0.1) is 5.69 Å². The Kier molecular flexibility index (Phi) is 6.05. The quantitative estimate of drug-likeness (QED) is 0.780. The zero-order valence-electron chi connectivity index (χ0n) is 13.6. The normalized spacial score (nSPS) is 13.8. The second-order valence-electron chi connectivity index (χ2n) is 5.95. The molecule has 1 unspecified atom stereocenters. The van der Waals surface area contributed by atoms with Gasteiger partial charge in [-0.1, -0.05) is 34.6 Å². The molecule has 0 aliphatic heterocycles. The monoisotopic (exact) mass is 265 g/mol. The average molecular weight is 265 g/mol. The van der Waals surface area contributed by atoms with Crippen LogP contribution in [-0.2, 0) is 19.4 Å². The van der Waals surface area contributed by atoms with Gasteiger partial charge < -0.3 is 5.32 Å². The minimum atomic E-state index is 0.311. The van der Waals surface area contributed by atoms with E-state index in [1.54, 1.807) is 0 Å². The van der Waals surface area contributed by atoms with Gasteiger partial charge in [-0.3, -0.25) is 4.68 Å². The lowest BCUT2D eigenvalue weighted by molar-refractivity contribution is 0.229. The first-order valence-corrected chi connectivity index (χ1v) is 7.77. The predicted molar refractivity (Wildman–Crippen MR) is 82.5 cm³/mol. The smallest absolute Gasteiger partial charge is 0.0624 e. The Labute approximate surface area is 118 Å². The van der Waals surface area contributed by atoms with Gasteiger partial charge in [0, 0.05) is 24.7 Å². The molecule has 0 fully saturated rings. The Bertz CT molecular complexity index is 379. The number of nitrogens with zero attached hydrogens (tertiary/aromatic N) is 2. The number of hydrogen-bond acceptors (Lipinski definition) is 2. The van der Waals surface area contributed by atoms with E-state index in [0.717, 1.165) is 25.9 Å². The molecule has 110 valence electrons. The standard InChI is InChI=1S/C16H31N3/c1-7-13-11-14(19(10-4)18-13)12-15(17-9-3)16(5,6)8-2/h11,15,17H,7-10,12H2,1-6H3. The van der Waals surface area contributed by atoms with Gasteiger partial charge in [-0.15, -0.1) is 0 Å². The molecule has 0 bridgehead atoms. The molecule has 0 saturated heterocycles. The third-order valence-corrected chi connectivity index (χ3v) is 4.29. The maximum atomic E-state index is 4.66. The molecule has 0 aliphatic carbocycles. The minimum absolute atomic E-state index is 0.311. The lowest BCUT2D eigenvalue weighted by Gasteiger charge is -2.34. The molecule has 1 rings (SSSR count). The fourth-order valence-electron chi connectivity index (χ4n) is 2.45. The van der Waals surface area contributed by atoms with Gasteiger partial charge in [0.2, 0.25) is 0 Å². The number of nitrogens with one attached hydrogen (secondary N) is 1. The summed E-state index contributed by atoms with van der Waals surface area (Å²) in [6, 6.07) is 2.79. The van der Waals surface area contributed by atoms with Gasteiger partial charge in [0.1, 0.15) is 0 Å². The van der Waals surface area contributed by atoms with Crippen LogP contribution >= 0.6 is 0 Å². The Morgan fingerprint density at radius 1 is 1.26 bits per heavy atom. The van der Waals surface area contributed by atoms with Gasteiger partial charge in [0.25, 0.3) is 0 Å². The number of aromatic nitrogens is 2. The SMILES string of the molecule is CCNC(Cc1cc(CC)nn1CC)C(C)(C)CC. The Hall–Kier alpha value is -0.830. The van der Waals surface area contributed by atoms with Crippen molar-refractivity contribution in [1.82, 2.24) is 15.1 Å². The molecule has 1 heterocycles. The summed E-state index contributed by atoms with van der Waals surface area (Å²) in [5, 5.41) is 8.32. The van der Waals surface area contributed by atoms with Crippen LogP contribution in [0.25, 0.3) is 0 Å². The lowest BCUT2D eigenvalue weighted by Crippen LogP contribution is -2.43. The summed E-state index contributed by atoms with van der Waals surface area (Å²) >= 11 is 0. The van der Waals surface area contributed by atoms with Gasteiger partial charge in [-0.25, -0.2) is 0 Å². The van der Waals surface area contributed by atoms with E-state index >= 15 is 0 Å². The maximum Gasteiger partial charge on any atom is 0.0624 e. The molecule has 3 heteroatoms. The van der Waals surface area contributed by atoms with Crippen LogP contribution in [-0.4, -0.2) is 22.4 Å². The molecular formula is C16H31N3. The molecule has 0 radical (unpaired) electrons. The molecule has 0 spiro atoms. The van der Waals surface area contributed by atoms with Gasteiger partial charge in [-0.2, -0.15) is 5.10 Å². The number of aryl methyl sites for hydroxylation is 2. The third kappa shape index (κ3) is 4.07. The molecule has 1 atom stereocenters. The number of rotatable bonds is 8. The summed E-state index contributed by atoms with van der Waals surface area (Å²) < 4.78 is 2.16. The first-order chi connectivity index (χ1) is 8.98. The topological polar surface area (TPSA) is 29.9 Å². The summed E-state index contributed by atoms with van der Waals surface area (Å²) in [4.78, 5) is 0. The van der Waals surface area contributed by atoms with Crippen molar-refractivity contribution in [3.8, 4) is 0 Å². The van der Waals surface area contributed by atoms with Crippen molar-refractivity contribution in [2.45, 2.75) is 73.4 Å². The van der Waals surface area contributed by atoms with Crippen LogP contribution in [0.1, 0.15) is 59.4 Å². The fraction of sp³-hybridized carbons (Fsp3) is 0.812. The number of hydrogen-bond donors (Lipinski definition) is 1. The van der Waals surface area contributed by atoms with E-state index in [-0.39, 0.29) is 0 Å². The number of likely N-dealkylation sites (N-methyl/N-ethyl adjacent to an activating group) is 1. The van der Waals surface area contributed by atoms with Gasteiger partial charge >= 0.3 is 0 Å². The van der Waals surface area contributed by atoms with E-state index in [0.29, 0.717) is 11.5 Å². The molecule has 0 aliphatic rings. The van der Waals surface area contributed by atoms with Crippen molar-refractivity contribution in [3.63, 3.8) is 0 Å². The highest BCUT2D eigenvalue weighted by atomic mass is 15.3. The van der Waals surface area contributed by atoms with Crippen molar-refractivity contribution in [3.05, 3.63) is 17.5 Å².